The van der Waals surface area contributed by atoms with Crippen LogP contribution in [-0.4, -0.2) is 10.1 Å². The van der Waals surface area contributed by atoms with Crippen molar-refractivity contribution in [3.8, 4) is 11.4 Å². The Morgan fingerprint density at radius 2 is 2.11 bits per heavy atom. The first kappa shape index (κ1) is 12.4. The maximum atomic E-state index is 6.47. The second-order valence-corrected chi connectivity index (χ2v) is 5.65. The lowest BCUT2D eigenvalue weighted by Crippen LogP contribution is -2.41. The highest BCUT2D eigenvalue weighted by atomic mass is 16.5. The first-order chi connectivity index (χ1) is 9.17. The molecule has 1 heterocycles. The lowest BCUT2D eigenvalue weighted by molar-refractivity contribution is 0.183. The Hall–Kier alpha value is -1.68. The molecule has 0 bridgehead atoms. The van der Waals surface area contributed by atoms with Crippen molar-refractivity contribution in [3.63, 3.8) is 0 Å². The number of hydrogen-bond donors (Lipinski definition) is 1. The summed E-state index contributed by atoms with van der Waals surface area (Å²) in [4.78, 5) is 4.51. The Balaban J connectivity index is 1.89. The molecule has 2 aromatic rings. The van der Waals surface area contributed by atoms with Crippen LogP contribution in [-0.2, 0) is 5.54 Å². The summed E-state index contributed by atoms with van der Waals surface area (Å²) in [5.41, 5.74) is 6.98. The van der Waals surface area contributed by atoms with Crippen LogP contribution in [0, 0.1) is 5.92 Å². The number of rotatable bonds is 2. The topological polar surface area (TPSA) is 64.9 Å². The zero-order valence-electron chi connectivity index (χ0n) is 11.2. The Labute approximate surface area is 113 Å². The summed E-state index contributed by atoms with van der Waals surface area (Å²) < 4.78 is 5.42. The molecule has 2 N–H and O–H groups in total. The quantitative estimate of drug-likeness (QED) is 0.897. The van der Waals surface area contributed by atoms with E-state index in [1.807, 2.05) is 30.3 Å². The average Bonchev–Trinajstić information content (AvgIpc) is 2.90. The van der Waals surface area contributed by atoms with Crippen LogP contribution in [0.5, 0.6) is 0 Å². The van der Waals surface area contributed by atoms with Crippen LogP contribution in [0.3, 0.4) is 0 Å². The van der Waals surface area contributed by atoms with E-state index in [1.165, 1.54) is 6.42 Å². The predicted octanol–water partition coefficient (Wildman–Crippen LogP) is 3.10. The number of hydrogen-bond acceptors (Lipinski definition) is 4. The molecule has 100 valence electrons. The van der Waals surface area contributed by atoms with Gasteiger partial charge in [-0.15, -0.1) is 0 Å². The summed E-state index contributed by atoms with van der Waals surface area (Å²) in [5, 5.41) is 4.07. The van der Waals surface area contributed by atoms with Crippen molar-refractivity contribution < 1.29 is 4.52 Å². The van der Waals surface area contributed by atoms with E-state index in [0.717, 1.165) is 24.8 Å². The van der Waals surface area contributed by atoms with E-state index in [-0.39, 0.29) is 0 Å². The molecule has 19 heavy (non-hydrogen) atoms. The molecule has 0 saturated heterocycles. The normalized spacial score (nSPS) is 27.4. The van der Waals surface area contributed by atoms with Crippen molar-refractivity contribution in [2.45, 2.75) is 38.1 Å². The maximum absolute atomic E-state index is 6.47. The zero-order valence-corrected chi connectivity index (χ0v) is 11.2. The van der Waals surface area contributed by atoms with Crippen molar-refractivity contribution in [1.29, 1.82) is 0 Å². The van der Waals surface area contributed by atoms with Gasteiger partial charge >= 0.3 is 0 Å². The van der Waals surface area contributed by atoms with Crippen molar-refractivity contribution >= 4 is 0 Å². The largest absolute Gasteiger partial charge is 0.337 e. The van der Waals surface area contributed by atoms with E-state index in [9.17, 15) is 0 Å². The number of benzene rings is 1. The molecule has 1 aromatic heterocycles. The smallest absolute Gasteiger partial charge is 0.247 e. The summed E-state index contributed by atoms with van der Waals surface area (Å²) in [7, 11) is 0. The molecule has 1 fully saturated rings. The van der Waals surface area contributed by atoms with Gasteiger partial charge in [0.15, 0.2) is 0 Å². The van der Waals surface area contributed by atoms with Gasteiger partial charge in [0, 0.05) is 5.56 Å². The Morgan fingerprint density at radius 3 is 2.84 bits per heavy atom. The highest BCUT2D eigenvalue weighted by molar-refractivity contribution is 5.53. The van der Waals surface area contributed by atoms with Crippen LogP contribution in [0.25, 0.3) is 11.4 Å². The molecule has 1 aliphatic carbocycles. The van der Waals surface area contributed by atoms with Crippen molar-refractivity contribution in [3.05, 3.63) is 36.2 Å². The van der Waals surface area contributed by atoms with E-state index in [1.54, 1.807) is 0 Å². The lowest BCUT2D eigenvalue weighted by atomic mass is 9.77. The standard InChI is InChI=1S/C15H19N3O/c1-11-6-5-9-15(16,10-11)14-17-13(18-19-14)12-7-3-2-4-8-12/h2-4,7-8,11H,5-6,9-10,16H2,1H3. The average molecular weight is 257 g/mol. The van der Waals surface area contributed by atoms with Crippen molar-refractivity contribution in [1.82, 2.24) is 10.1 Å². The molecule has 4 heteroatoms. The molecular weight excluding hydrogens is 238 g/mol. The second-order valence-electron chi connectivity index (χ2n) is 5.65. The summed E-state index contributed by atoms with van der Waals surface area (Å²) in [5.74, 6) is 1.82. The lowest BCUT2D eigenvalue weighted by Gasteiger charge is -2.33. The summed E-state index contributed by atoms with van der Waals surface area (Å²) >= 11 is 0. The van der Waals surface area contributed by atoms with E-state index >= 15 is 0 Å². The molecule has 4 nitrogen and oxygen atoms in total. The van der Waals surface area contributed by atoms with Gasteiger partial charge in [0.1, 0.15) is 0 Å². The Kier molecular flexibility index (Phi) is 3.11. The fourth-order valence-corrected chi connectivity index (χ4v) is 2.92. The van der Waals surface area contributed by atoms with Crippen LogP contribution in [0.1, 0.15) is 38.5 Å². The molecular formula is C15H19N3O. The van der Waals surface area contributed by atoms with Crippen molar-refractivity contribution in [2.24, 2.45) is 11.7 Å². The van der Waals surface area contributed by atoms with Crippen LogP contribution in [0.15, 0.2) is 34.9 Å². The van der Waals surface area contributed by atoms with Gasteiger partial charge in [0.2, 0.25) is 11.7 Å². The van der Waals surface area contributed by atoms with E-state index < -0.39 is 5.54 Å². The van der Waals surface area contributed by atoms with Gasteiger partial charge in [0.25, 0.3) is 0 Å². The molecule has 3 rings (SSSR count). The highest BCUT2D eigenvalue weighted by Crippen LogP contribution is 2.37. The van der Waals surface area contributed by atoms with Gasteiger partial charge < -0.3 is 10.3 Å². The minimum absolute atomic E-state index is 0.447. The minimum Gasteiger partial charge on any atom is -0.337 e. The third kappa shape index (κ3) is 2.40. The van der Waals surface area contributed by atoms with E-state index in [2.05, 4.69) is 17.1 Å². The highest BCUT2D eigenvalue weighted by Gasteiger charge is 2.37. The van der Waals surface area contributed by atoms with E-state index in [4.69, 9.17) is 10.3 Å². The first-order valence-electron chi connectivity index (χ1n) is 6.86. The Morgan fingerprint density at radius 1 is 1.32 bits per heavy atom. The summed E-state index contributed by atoms with van der Waals surface area (Å²) in [6.45, 7) is 2.23. The SMILES string of the molecule is CC1CCCC(N)(c2nc(-c3ccccc3)no2)C1. The fourth-order valence-electron chi connectivity index (χ4n) is 2.92. The van der Waals surface area contributed by atoms with Crippen LogP contribution >= 0.6 is 0 Å². The number of nitrogens with zero attached hydrogens (tertiary/aromatic N) is 2. The molecule has 1 saturated carbocycles. The summed E-state index contributed by atoms with van der Waals surface area (Å²) in [6.07, 6.45) is 4.20. The molecule has 1 aromatic carbocycles. The van der Waals surface area contributed by atoms with E-state index in [0.29, 0.717) is 17.6 Å². The van der Waals surface area contributed by atoms with Gasteiger partial charge in [-0.05, 0) is 18.8 Å². The number of aromatic nitrogens is 2. The minimum atomic E-state index is -0.447. The van der Waals surface area contributed by atoms with Gasteiger partial charge in [-0.2, -0.15) is 4.98 Å². The fraction of sp³-hybridized carbons (Fsp3) is 0.467. The number of nitrogens with two attached hydrogens (primary N) is 1. The third-order valence-electron chi connectivity index (χ3n) is 3.92. The van der Waals surface area contributed by atoms with Crippen LogP contribution < -0.4 is 5.73 Å². The third-order valence-corrected chi connectivity index (χ3v) is 3.92. The zero-order chi connectivity index (χ0) is 13.3. The van der Waals surface area contributed by atoms with Crippen LogP contribution in [0.2, 0.25) is 0 Å². The first-order valence-corrected chi connectivity index (χ1v) is 6.86. The molecule has 1 aliphatic rings. The van der Waals surface area contributed by atoms with Crippen molar-refractivity contribution in [2.75, 3.05) is 0 Å². The van der Waals surface area contributed by atoms with Gasteiger partial charge in [-0.3, -0.25) is 0 Å². The Bertz CT molecular complexity index is 552. The summed E-state index contributed by atoms with van der Waals surface area (Å²) in [6, 6.07) is 9.85. The van der Waals surface area contributed by atoms with Gasteiger partial charge in [0.05, 0.1) is 5.54 Å². The van der Waals surface area contributed by atoms with Gasteiger partial charge in [-0.25, -0.2) is 0 Å². The monoisotopic (exact) mass is 257 g/mol. The van der Waals surface area contributed by atoms with Crippen LogP contribution in [0.4, 0.5) is 0 Å². The molecule has 2 unspecified atom stereocenters. The molecule has 0 amide bonds. The van der Waals surface area contributed by atoms with Gasteiger partial charge in [-0.1, -0.05) is 55.3 Å². The second kappa shape index (κ2) is 4.78. The predicted molar refractivity (Wildman–Crippen MR) is 73.2 cm³/mol. The molecule has 0 aliphatic heterocycles. The molecule has 0 radical (unpaired) electrons. The molecule has 0 spiro atoms. The molecule has 2 atom stereocenters. The maximum Gasteiger partial charge on any atom is 0.247 e.